The number of anilines is 1. The molecule has 0 heterocycles. The number of carbonyl (C=O) groups is 1. The van der Waals surface area contributed by atoms with E-state index < -0.39 is 10.0 Å². The van der Waals surface area contributed by atoms with E-state index in [0.717, 1.165) is 11.8 Å². The molecule has 158 valence electrons. The van der Waals surface area contributed by atoms with Gasteiger partial charge in [-0.15, -0.1) is 0 Å². The lowest BCUT2D eigenvalue weighted by molar-refractivity contribution is 0.0940. The Hall–Kier alpha value is -2.45. The van der Waals surface area contributed by atoms with Gasteiger partial charge in [0.2, 0.25) is 10.0 Å². The first-order chi connectivity index (χ1) is 13.6. The molecular formula is C20H25ClN2O5S. The van der Waals surface area contributed by atoms with E-state index >= 15 is 0 Å². The normalized spacial score (nSPS) is 12.2. The zero-order valence-electron chi connectivity index (χ0n) is 16.8. The van der Waals surface area contributed by atoms with Crippen molar-refractivity contribution in [2.45, 2.75) is 26.8 Å². The van der Waals surface area contributed by atoms with Crippen molar-refractivity contribution in [1.29, 1.82) is 0 Å². The number of hydrogen-bond donors (Lipinski definition) is 2. The molecule has 0 radical (unpaired) electrons. The van der Waals surface area contributed by atoms with Crippen LogP contribution in [0.1, 0.15) is 42.7 Å². The van der Waals surface area contributed by atoms with Crippen LogP contribution < -0.4 is 19.5 Å². The third-order valence-corrected chi connectivity index (χ3v) is 4.85. The smallest absolute Gasteiger partial charge is 0.253 e. The third-order valence-electron chi connectivity index (χ3n) is 3.93. The van der Waals surface area contributed by atoms with Crippen LogP contribution in [0, 0.1) is 0 Å². The fraction of sp³-hybridized carbons (Fsp3) is 0.350. The molecule has 1 unspecified atom stereocenters. The molecule has 2 rings (SSSR count). The fourth-order valence-corrected chi connectivity index (χ4v) is 3.49. The van der Waals surface area contributed by atoms with Gasteiger partial charge < -0.3 is 14.8 Å². The second-order valence-electron chi connectivity index (χ2n) is 6.34. The molecule has 2 N–H and O–H groups in total. The molecule has 1 amide bonds. The molecule has 1 atom stereocenters. The van der Waals surface area contributed by atoms with Crippen molar-refractivity contribution in [2.75, 3.05) is 24.2 Å². The van der Waals surface area contributed by atoms with E-state index in [-0.39, 0.29) is 28.2 Å². The summed E-state index contributed by atoms with van der Waals surface area (Å²) in [6, 6.07) is 9.54. The molecule has 0 spiro atoms. The Morgan fingerprint density at radius 2 is 1.72 bits per heavy atom. The van der Waals surface area contributed by atoms with E-state index in [1.54, 1.807) is 0 Å². The summed E-state index contributed by atoms with van der Waals surface area (Å²) in [7, 11) is -3.43. The Balaban J connectivity index is 2.17. The summed E-state index contributed by atoms with van der Waals surface area (Å²) in [5.41, 5.74) is 1.38. The second kappa shape index (κ2) is 9.84. The van der Waals surface area contributed by atoms with Gasteiger partial charge in [-0.3, -0.25) is 9.52 Å². The van der Waals surface area contributed by atoms with Crippen molar-refractivity contribution in [1.82, 2.24) is 5.32 Å². The van der Waals surface area contributed by atoms with Crippen molar-refractivity contribution in [3.63, 3.8) is 0 Å². The van der Waals surface area contributed by atoms with Crippen LogP contribution in [0.5, 0.6) is 11.5 Å². The number of hydrogen-bond acceptors (Lipinski definition) is 5. The van der Waals surface area contributed by atoms with Gasteiger partial charge in [0.15, 0.2) is 11.5 Å². The van der Waals surface area contributed by atoms with E-state index in [9.17, 15) is 13.2 Å². The number of carbonyl (C=O) groups excluding carboxylic acids is 1. The monoisotopic (exact) mass is 440 g/mol. The van der Waals surface area contributed by atoms with Crippen molar-refractivity contribution in [3.05, 3.63) is 52.5 Å². The Morgan fingerprint density at radius 3 is 2.31 bits per heavy atom. The Morgan fingerprint density at radius 1 is 1.07 bits per heavy atom. The number of amides is 1. The number of halogens is 1. The van der Waals surface area contributed by atoms with E-state index in [4.69, 9.17) is 21.1 Å². The minimum absolute atomic E-state index is 0.144. The number of nitrogens with one attached hydrogen (secondary N) is 2. The number of ether oxygens (including phenoxy) is 2. The molecule has 0 saturated heterocycles. The summed E-state index contributed by atoms with van der Waals surface area (Å²) in [6.45, 7) is 6.64. The molecule has 0 aromatic heterocycles. The van der Waals surface area contributed by atoms with Crippen LogP contribution in [0.15, 0.2) is 36.4 Å². The van der Waals surface area contributed by atoms with E-state index in [1.807, 2.05) is 39.0 Å². The van der Waals surface area contributed by atoms with Gasteiger partial charge >= 0.3 is 0 Å². The first-order valence-corrected chi connectivity index (χ1v) is 11.4. The molecule has 2 aromatic rings. The van der Waals surface area contributed by atoms with Gasteiger partial charge in [-0.25, -0.2) is 8.42 Å². The van der Waals surface area contributed by atoms with Crippen LogP contribution in [-0.4, -0.2) is 33.8 Å². The number of benzene rings is 2. The molecule has 9 heteroatoms. The minimum Gasteiger partial charge on any atom is -0.490 e. The molecule has 0 aliphatic rings. The Labute approximate surface area is 176 Å². The predicted molar refractivity (Wildman–Crippen MR) is 115 cm³/mol. The highest BCUT2D eigenvalue weighted by Gasteiger charge is 2.17. The molecular weight excluding hydrogens is 416 g/mol. The minimum atomic E-state index is -3.43. The fourth-order valence-electron chi connectivity index (χ4n) is 2.67. The van der Waals surface area contributed by atoms with Crippen LogP contribution in [-0.2, 0) is 10.0 Å². The molecule has 0 aliphatic carbocycles. The van der Waals surface area contributed by atoms with Crippen LogP contribution in [0.3, 0.4) is 0 Å². The summed E-state index contributed by atoms with van der Waals surface area (Å²) in [5, 5.41) is 3.03. The molecule has 0 saturated carbocycles. The zero-order valence-corrected chi connectivity index (χ0v) is 18.4. The molecule has 0 bridgehead atoms. The van der Waals surface area contributed by atoms with Gasteiger partial charge in [-0.1, -0.05) is 17.7 Å². The van der Waals surface area contributed by atoms with Crippen molar-refractivity contribution >= 4 is 33.2 Å². The van der Waals surface area contributed by atoms with Crippen molar-refractivity contribution in [3.8, 4) is 11.5 Å². The van der Waals surface area contributed by atoms with Crippen LogP contribution >= 0.6 is 11.6 Å². The average molecular weight is 441 g/mol. The third kappa shape index (κ3) is 6.54. The highest BCUT2D eigenvalue weighted by atomic mass is 35.5. The maximum absolute atomic E-state index is 12.6. The summed E-state index contributed by atoms with van der Waals surface area (Å²) in [6.07, 6.45) is 1.04. The van der Waals surface area contributed by atoms with Crippen LogP contribution in [0.25, 0.3) is 0 Å². The maximum atomic E-state index is 12.6. The SMILES string of the molecule is CCOc1ccc(C(C)NC(=O)c2ccc(NS(C)(=O)=O)cc2Cl)cc1OCC. The van der Waals surface area contributed by atoms with Crippen LogP contribution in [0.2, 0.25) is 5.02 Å². The average Bonchev–Trinajstić information content (AvgIpc) is 2.62. The molecule has 0 fully saturated rings. The highest BCUT2D eigenvalue weighted by Crippen LogP contribution is 2.31. The molecule has 2 aromatic carbocycles. The second-order valence-corrected chi connectivity index (χ2v) is 8.49. The van der Waals surface area contributed by atoms with Crippen molar-refractivity contribution in [2.24, 2.45) is 0 Å². The number of rotatable bonds is 9. The summed E-state index contributed by atoms with van der Waals surface area (Å²) >= 11 is 6.17. The van der Waals surface area contributed by atoms with Crippen molar-refractivity contribution < 1.29 is 22.7 Å². The highest BCUT2D eigenvalue weighted by molar-refractivity contribution is 7.92. The summed E-state index contributed by atoms with van der Waals surface area (Å²) in [5.74, 6) is 0.885. The van der Waals surface area contributed by atoms with Gasteiger partial charge in [0.25, 0.3) is 5.91 Å². The van der Waals surface area contributed by atoms with E-state index in [0.29, 0.717) is 24.7 Å². The first-order valence-electron chi connectivity index (χ1n) is 9.12. The zero-order chi connectivity index (χ0) is 21.6. The van der Waals surface area contributed by atoms with Gasteiger partial charge in [0.05, 0.1) is 36.1 Å². The van der Waals surface area contributed by atoms with E-state index in [1.165, 1.54) is 18.2 Å². The first kappa shape index (κ1) is 22.8. The molecule has 0 aliphatic heterocycles. The van der Waals surface area contributed by atoms with Crippen LogP contribution in [0.4, 0.5) is 5.69 Å². The van der Waals surface area contributed by atoms with Gasteiger partial charge in [-0.05, 0) is 56.7 Å². The lowest BCUT2D eigenvalue weighted by Crippen LogP contribution is -2.27. The lowest BCUT2D eigenvalue weighted by atomic mass is 10.1. The quantitative estimate of drug-likeness (QED) is 0.614. The predicted octanol–water partition coefficient (Wildman–Crippen LogP) is 4.00. The summed E-state index contributed by atoms with van der Waals surface area (Å²) < 4.78 is 36.1. The Bertz CT molecular complexity index is 979. The van der Waals surface area contributed by atoms with E-state index in [2.05, 4.69) is 10.0 Å². The number of sulfonamides is 1. The Kier molecular flexibility index (Phi) is 7.75. The van der Waals surface area contributed by atoms with Gasteiger partial charge in [-0.2, -0.15) is 0 Å². The standard InChI is InChI=1S/C20H25ClN2O5S/c1-5-27-18-10-7-14(11-19(18)28-6-2)13(3)22-20(24)16-9-8-15(12-17(16)21)23-29(4,25)26/h7-13,23H,5-6H2,1-4H3,(H,22,24). The van der Waals surface area contributed by atoms with Gasteiger partial charge in [0.1, 0.15) is 0 Å². The topological polar surface area (TPSA) is 93.7 Å². The lowest BCUT2D eigenvalue weighted by Gasteiger charge is -2.18. The van der Waals surface area contributed by atoms with Gasteiger partial charge in [0, 0.05) is 5.69 Å². The molecule has 7 nitrogen and oxygen atoms in total. The largest absolute Gasteiger partial charge is 0.490 e. The maximum Gasteiger partial charge on any atom is 0.253 e. The molecule has 29 heavy (non-hydrogen) atoms. The summed E-state index contributed by atoms with van der Waals surface area (Å²) in [4.78, 5) is 12.6.